The van der Waals surface area contributed by atoms with Crippen LogP contribution in [0.4, 0.5) is 15.8 Å². The largest absolute Gasteiger partial charge is 0.478 e. The van der Waals surface area contributed by atoms with E-state index in [0.29, 0.717) is 29.3 Å². The van der Waals surface area contributed by atoms with Crippen LogP contribution < -0.4 is 10.6 Å². The number of nitrogens with two attached hydrogens (primary N) is 1. The molecule has 2 rings (SSSR count). The van der Waals surface area contributed by atoms with Crippen LogP contribution in [0.25, 0.3) is 0 Å². The summed E-state index contributed by atoms with van der Waals surface area (Å²) in [6.07, 6.45) is 0. The molecule has 4 nitrogen and oxygen atoms in total. The van der Waals surface area contributed by atoms with Gasteiger partial charge in [-0.2, -0.15) is 11.8 Å². The number of hydrogen-bond donors (Lipinski definition) is 2. The minimum absolute atomic E-state index is 0.0405. The zero-order valence-corrected chi connectivity index (χ0v) is 11.7. The number of carboxylic acids is 1. The Morgan fingerprint density at radius 3 is 2.53 bits per heavy atom. The number of benzene rings is 1. The van der Waals surface area contributed by atoms with Gasteiger partial charge in [-0.15, -0.1) is 0 Å². The van der Waals surface area contributed by atoms with Gasteiger partial charge in [0.2, 0.25) is 0 Å². The second kappa shape index (κ2) is 5.28. The monoisotopic (exact) mass is 284 g/mol. The van der Waals surface area contributed by atoms with Gasteiger partial charge in [0, 0.05) is 29.3 Å². The molecule has 0 bridgehead atoms. The van der Waals surface area contributed by atoms with E-state index < -0.39 is 11.8 Å². The van der Waals surface area contributed by atoms with Crippen LogP contribution in [0.3, 0.4) is 0 Å². The molecule has 104 valence electrons. The lowest BCUT2D eigenvalue weighted by atomic mass is 10.1. The Labute approximate surface area is 115 Å². The molecule has 19 heavy (non-hydrogen) atoms. The van der Waals surface area contributed by atoms with Gasteiger partial charge in [-0.05, 0) is 12.1 Å². The molecular weight excluding hydrogens is 267 g/mol. The first-order chi connectivity index (χ1) is 8.88. The smallest absolute Gasteiger partial charge is 0.337 e. The molecule has 2 atom stereocenters. The summed E-state index contributed by atoms with van der Waals surface area (Å²) in [5, 5.41) is 9.82. The third-order valence-corrected chi connectivity index (χ3v) is 4.34. The highest BCUT2D eigenvalue weighted by molar-refractivity contribution is 8.00. The van der Waals surface area contributed by atoms with E-state index in [1.54, 1.807) is 0 Å². The molecule has 6 heteroatoms. The maximum atomic E-state index is 14.0. The van der Waals surface area contributed by atoms with Crippen LogP contribution in [0.5, 0.6) is 0 Å². The summed E-state index contributed by atoms with van der Waals surface area (Å²) in [6.45, 7) is 5.57. The predicted molar refractivity (Wildman–Crippen MR) is 76.5 cm³/mol. The van der Waals surface area contributed by atoms with Crippen molar-refractivity contribution in [1.82, 2.24) is 0 Å². The fourth-order valence-electron chi connectivity index (χ4n) is 2.38. The van der Waals surface area contributed by atoms with Gasteiger partial charge < -0.3 is 15.7 Å². The van der Waals surface area contributed by atoms with Gasteiger partial charge in [-0.3, -0.25) is 0 Å². The van der Waals surface area contributed by atoms with E-state index in [0.717, 1.165) is 6.07 Å². The summed E-state index contributed by atoms with van der Waals surface area (Å²) < 4.78 is 14.0. The zero-order chi connectivity index (χ0) is 14.2. The summed E-state index contributed by atoms with van der Waals surface area (Å²) in [7, 11) is 0. The number of nitrogens with zero attached hydrogens (tertiary/aromatic N) is 1. The summed E-state index contributed by atoms with van der Waals surface area (Å²) >= 11 is 1.85. The Bertz CT molecular complexity index is 500. The maximum Gasteiger partial charge on any atom is 0.337 e. The van der Waals surface area contributed by atoms with E-state index in [2.05, 4.69) is 13.8 Å². The van der Waals surface area contributed by atoms with E-state index in [1.165, 1.54) is 6.07 Å². The quantitative estimate of drug-likeness (QED) is 0.817. The van der Waals surface area contributed by atoms with Crippen LogP contribution in [0.15, 0.2) is 12.1 Å². The van der Waals surface area contributed by atoms with Crippen molar-refractivity contribution in [3.63, 3.8) is 0 Å². The van der Waals surface area contributed by atoms with Crippen molar-refractivity contribution in [2.24, 2.45) is 0 Å². The van der Waals surface area contributed by atoms with Crippen molar-refractivity contribution >= 4 is 29.1 Å². The van der Waals surface area contributed by atoms with Crippen molar-refractivity contribution in [3.8, 4) is 0 Å². The molecule has 1 aliphatic rings. The first-order valence-corrected chi connectivity index (χ1v) is 7.05. The van der Waals surface area contributed by atoms with Crippen molar-refractivity contribution < 1.29 is 14.3 Å². The molecule has 0 aliphatic carbocycles. The fourth-order valence-corrected chi connectivity index (χ4v) is 3.70. The average Bonchev–Trinajstić information content (AvgIpc) is 2.26. The second-order valence-electron chi connectivity index (χ2n) is 4.86. The molecule has 0 amide bonds. The normalized spacial score (nSPS) is 23.4. The van der Waals surface area contributed by atoms with Crippen LogP contribution in [-0.2, 0) is 0 Å². The van der Waals surface area contributed by atoms with Gasteiger partial charge in [0.05, 0.1) is 11.3 Å². The van der Waals surface area contributed by atoms with Gasteiger partial charge in [0.25, 0.3) is 0 Å². The number of rotatable bonds is 2. The molecule has 0 aromatic heterocycles. The summed E-state index contributed by atoms with van der Waals surface area (Å²) in [5.74, 6) is -1.60. The highest BCUT2D eigenvalue weighted by Gasteiger charge is 2.25. The molecule has 1 heterocycles. The Morgan fingerprint density at radius 2 is 2.00 bits per heavy atom. The van der Waals surface area contributed by atoms with E-state index >= 15 is 0 Å². The van der Waals surface area contributed by atoms with Gasteiger partial charge in [-0.1, -0.05) is 13.8 Å². The van der Waals surface area contributed by atoms with Gasteiger partial charge >= 0.3 is 5.97 Å². The summed E-state index contributed by atoms with van der Waals surface area (Å²) in [4.78, 5) is 13.0. The van der Waals surface area contributed by atoms with Crippen molar-refractivity contribution in [2.45, 2.75) is 24.3 Å². The molecule has 2 unspecified atom stereocenters. The predicted octanol–water partition coefficient (Wildman–Crippen LogP) is 2.44. The van der Waals surface area contributed by atoms with Gasteiger partial charge in [0.15, 0.2) is 0 Å². The highest BCUT2D eigenvalue weighted by Crippen LogP contribution is 2.32. The third-order valence-electron chi connectivity index (χ3n) is 3.11. The first-order valence-electron chi connectivity index (χ1n) is 6.11. The molecule has 1 aliphatic heterocycles. The van der Waals surface area contributed by atoms with E-state index in [1.807, 2.05) is 16.7 Å². The Balaban J connectivity index is 2.38. The summed E-state index contributed by atoms with van der Waals surface area (Å²) in [5.41, 5.74) is 5.77. The van der Waals surface area contributed by atoms with Crippen LogP contribution in [-0.4, -0.2) is 34.7 Å². The Morgan fingerprint density at radius 1 is 1.42 bits per heavy atom. The summed E-state index contributed by atoms with van der Waals surface area (Å²) in [6, 6.07) is 2.43. The topological polar surface area (TPSA) is 66.6 Å². The number of carbonyl (C=O) groups is 1. The number of carboxylic acid groups (broad SMARTS) is 1. The highest BCUT2D eigenvalue weighted by atomic mass is 32.2. The fraction of sp³-hybridized carbons (Fsp3) is 0.462. The van der Waals surface area contributed by atoms with Crippen LogP contribution >= 0.6 is 11.8 Å². The number of anilines is 2. The third kappa shape index (κ3) is 2.94. The number of nitrogen functional groups attached to an aromatic ring is 1. The van der Waals surface area contributed by atoms with Crippen molar-refractivity contribution in [2.75, 3.05) is 23.7 Å². The molecule has 0 saturated carbocycles. The number of hydrogen-bond acceptors (Lipinski definition) is 4. The SMILES string of the molecule is CC1CN(c2cc(C(=O)O)c(N)cc2F)CC(C)S1. The van der Waals surface area contributed by atoms with Crippen LogP contribution in [0.2, 0.25) is 0 Å². The zero-order valence-electron chi connectivity index (χ0n) is 10.9. The van der Waals surface area contributed by atoms with Crippen LogP contribution in [0, 0.1) is 5.82 Å². The van der Waals surface area contributed by atoms with Crippen molar-refractivity contribution in [1.29, 1.82) is 0 Å². The molecule has 3 N–H and O–H groups in total. The van der Waals surface area contributed by atoms with E-state index in [4.69, 9.17) is 10.8 Å². The lowest BCUT2D eigenvalue weighted by Crippen LogP contribution is -2.41. The van der Waals surface area contributed by atoms with Gasteiger partial charge in [-0.25, -0.2) is 9.18 Å². The Kier molecular flexibility index (Phi) is 3.89. The van der Waals surface area contributed by atoms with E-state index in [9.17, 15) is 9.18 Å². The molecule has 1 saturated heterocycles. The number of halogens is 1. The molecule has 1 fully saturated rings. The average molecular weight is 284 g/mol. The lowest BCUT2D eigenvalue weighted by molar-refractivity contribution is 0.0698. The number of aromatic carboxylic acids is 1. The molecule has 0 radical (unpaired) electrons. The minimum Gasteiger partial charge on any atom is -0.478 e. The lowest BCUT2D eigenvalue weighted by Gasteiger charge is -2.36. The molecular formula is C13H17FN2O2S. The van der Waals surface area contributed by atoms with Crippen LogP contribution in [0.1, 0.15) is 24.2 Å². The second-order valence-corrected chi connectivity index (χ2v) is 6.74. The van der Waals surface area contributed by atoms with Gasteiger partial charge in [0.1, 0.15) is 5.82 Å². The molecule has 1 aromatic rings. The minimum atomic E-state index is -1.13. The standard InChI is InChI=1S/C13H17FN2O2S/c1-7-5-16(6-8(2)19-7)12-3-9(13(17)18)11(15)4-10(12)14/h3-4,7-8H,5-6,15H2,1-2H3,(H,17,18). The number of thioether (sulfide) groups is 1. The first kappa shape index (κ1) is 14.0. The Hall–Kier alpha value is -1.43. The molecule has 0 spiro atoms. The van der Waals surface area contributed by atoms with E-state index in [-0.39, 0.29) is 11.3 Å². The van der Waals surface area contributed by atoms with Crippen molar-refractivity contribution in [3.05, 3.63) is 23.5 Å². The molecule has 1 aromatic carbocycles. The maximum absolute atomic E-state index is 14.0.